The molecule has 98 valence electrons. The van der Waals surface area contributed by atoms with E-state index >= 15 is 0 Å². The number of nitrogens with zero attached hydrogens (tertiary/aromatic N) is 3. The molecule has 0 aliphatic heterocycles. The minimum absolute atomic E-state index is 0.120. The van der Waals surface area contributed by atoms with Crippen molar-refractivity contribution in [1.82, 2.24) is 14.6 Å². The Morgan fingerprint density at radius 3 is 2.75 bits per heavy atom. The van der Waals surface area contributed by atoms with Gasteiger partial charge in [-0.2, -0.15) is 0 Å². The van der Waals surface area contributed by atoms with Gasteiger partial charge >= 0.3 is 0 Å². The second-order valence-corrected chi connectivity index (χ2v) is 5.40. The van der Waals surface area contributed by atoms with E-state index in [0.29, 0.717) is 10.7 Å². The summed E-state index contributed by atoms with van der Waals surface area (Å²) in [4.78, 5) is 16.4. The first-order valence-corrected chi connectivity index (χ1v) is 7.55. The molecule has 1 aromatic carbocycles. The highest BCUT2D eigenvalue weighted by atomic mass is 32.1. The summed E-state index contributed by atoms with van der Waals surface area (Å²) in [6.45, 7) is 0. The lowest BCUT2D eigenvalue weighted by Gasteiger charge is -1.93. The molecule has 0 N–H and O–H groups in total. The van der Waals surface area contributed by atoms with Crippen LogP contribution in [0.5, 0.6) is 0 Å². The number of thiazole rings is 1. The summed E-state index contributed by atoms with van der Waals surface area (Å²) in [6, 6.07) is 9.80. The third-order valence-corrected chi connectivity index (χ3v) is 3.95. The molecule has 0 bridgehead atoms. The fourth-order valence-electron chi connectivity index (χ4n) is 1.61. The summed E-state index contributed by atoms with van der Waals surface area (Å²) in [5.41, 5.74) is 2.52. The third kappa shape index (κ3) is 2.87. The van der Waals surface area contributed by atoms with Gasteiger partial charge < -0.3 is 0 Å². The van der Waals surface area contributed by atoms with Gasteiger partial charge in [0.2, 0.25) is 5.78 Å². The van der Waals surface area contributed by atoms with E-state index in [9.17, 15) is 4.79 Å². The van der Waals surface area contributed by atoms with Crippen LogP contribution in [0.4, 0.5) is 0 Å². The highest BCUT2D eigenvalue weighted by molar-refractivity contribution is 7.12. The van der Waals surface area contributed by atoms with Crippen LogP contribution in [-0.2, 0) is 0 Å². The average Bonchev–Trinajstić information content (AvgIpc) is 3.17. The van der Waals surface area contributed by atoms with Crippen molar-refractivity contribution < 1.29 is 4.79 Å². The minimum atomic E-state index is -0.120. The molecule has 0 radical (unpaired) electrons. The van der Waals surface area contributed by atoms with Gasteiger partial charge in [-0.15, -0.1) is 16.4 Å². The van der Waals surface area contributed by atoms with Crippen LogP contribution in [-0.4, -0.2) is 20.4 Å². The smallest absolute Gasteiger partial charge is 0.214 e. The number of benzene rings is 1. The number of carbonyl (C=O) groups excluding carboxylic acids is 1. The molecule has 0 saturated carbocycles. The van der Waals surface area contributed by atoms with Crippen LogP contribution in [0.2, 0.25) is 0 Å². The monoisotopic (exact) mass is 299 g/mol. The first-order valence-electron chi connectivity index (χ1n) is 5.83. The van der Waals surface area contributed by atoms with E-state index in [4.69, 9.17) is 0 Å². The van der Waals surface area contributed by atoms with Gasteiger partial charge in [-0.3, -0.25) is 4.79 Å². The van der Waals surface area contributed by atoms with Crippen molar-refractivity contribution in [3.05, 3.63) is 57.9 Å². The quantitative estimate of drug-likeness (QED) is 0.546. The van der Waals surface area contributed by atoms with Crippen LogP contribution in [0.25, 0.3) is 17.3 Å². The van der Waals surface area contributed by atoms with Crippen LogP contribution < -0.4 is 0 Å². The molecule has 0 spiro atoms. The molecular weight excluding hydrogens is 290 g/mol. The standard InChI is InChI=1S/C14H9N3OS2/c18-13(7-6-11-8-20-17-16-11)14-15-12(9-19-14)10-4-2-1-3-5-10/h1-9H/b7-6+. The zero-order chi connectivity index (χ0) is 13.8. The van der Waals surface area contributed by atoms with E-state index in [1.54, 1.807) is 11.5 Å². The van der Waals surface area contributed by atoms with Gasteiger partial charge in [-0.25, -0.2) is 4.98 Å². The Morgan fingerprint density at radius 1 is 1.15 bits per heavy atom. The molecule has 0 fully saturated rings. The fraction of sp³-hybridized carbons (Fsp3) is 0. The van der Waals surface area contributed by atoms with E-state index in [-0.39, 0.29) is 5.78 Å². The van der Waals surface area contributed by atoms with Crippen LogP contribution in [0.15, 0.2) is 47.2 Å². The largest absolute Gasteiger partial charge is 0.287 e. The summed E-state index contributed by atoms with van der Waals surface area (Å²) in [5, 5.41) is 7.99. The Morgan fingerprint density at radius 2 is 2.00 bits per heavy atom. The van der Waals surface area contributed by atoms with Crippen LogP contribution in [0.1, 0.15) is 15.5 Å². The van der Waals surface area contributed by atoms with Crippen LogP contribution in [0, 0.1) is 0 Å². The second kappa shape index (κ2) is 5.85. The molecule has 0 atom stereocenters. The fourth-order valence-corrected chi connectivity index (χ4v) is 2.77. The first kappa shape index (κ1) is 12.8. The summed E-state index contributed by atoms with van der Waals surface area (Å²) in [5.74, 6) is -0.120. The van der Waals surface area contributed by atoms with E-state index < -0.39 is 0 Å². The lowest BCUT2D eigenvalue weighted by molar-refractivity contribution is 0.104. The molecular formula is C14H9N3OS2. The molecule has 3 aromatic rings. The molecule has 6 heteroatoms. The molecule has 20 heavy (non-hydrogen) atoms. The lowest BCUT2D eigenvalue weighted by atomic mass is 10.2. The average molecular weight is 299 g/mol. The number of ketones is 1. The van der Waals surface area contributed by atoms with Gasteiger partial charge in [0, 0.05) is 16.3 Å². The van der Waals surface area contributed by atoms with E-state index in [1.807, 2.05) is 35.7 Å². The number of rotatable bonds is 4. The molecule has 3 rings (SSSR count). The van der Waals surface area contributed by atoms with E-state index in [1.165, 1.54) is 28.9 Å². The van der Waals surface area contributed by atoms with Crippen molar-refractivity contribution in [3.8, 4) is 11.3 Å². The van der Waals surface area contributed by atoms with Crippen molar-refractivity contribution in [2.45, 2.75) is 0 Å². The SMILES string of the molecule is O=C(/C=C/c1csnn1)c1nc(-c2ccccc2)cs1. The van der Waals surface area contributed by atoms with Crippen molar-refractivity contribution in [2.24, 2.45) is 0 Å². The van der Waals surface area contributed by atoms with Gasteiger partial charge in [0.1, 0.15) is 0 Å². The van der Waals surface area contributed by atoms with E-state index in [2.05, 4.69) is 14.6 Å². The maximum Gasteiger partial charge on any atom is 0.214 e. The number of carbonyl (C=O) groups is 1. The third-order valence-electron chi connectivity index (χ3n) is 2.57. The van der Waals surface area contributed by atoms with Gasteiger partial charge in [0.15, 0.2) is 5.01 Å². The topological polar surface area (TPSA) is 55.7 Å². The number of hydrogen-bond donors (Lipinski definition) is 0. The maximum absolute atomic E-state index is 12.0. The minimum Gasteiger partial charge on any atom is -0.287 e. The summed E-state index contributed by atoms with van der Waals surface area (Å²) >= 11 is 2.60. The van der Waals surface area contributed by atoms with Crippen LogP contribution in [0.3, 0.4) is 0 Å². The van der Waals surface area contributed by atoms with Crippen molar-refractivity contribution in [3.63, 3.8) is 0 Å². The number of hydrogen-bond acceptors (Lipinski definition) is 6. The Hall–Kier alpha value is -2.18. The Balaban J connectivity index is 1.78. The zero-order valence-electron chi connectivity index (χ0n) is 10.3. The lowest BCUT2D eigenvalue weighted by Crippen LogP contribution is -1.93. The molecule has 0 saturated heterocycles. The molecule has 0 unspecified atom stereocenters. The van der Waals surface area contributed by atoms with E-state index in [0.717, 1.165) is 11.3 Å². The second-order valence-electron chi connectivity index (χ2n) is 3.93. The zero-order valence-corrected chi connectivity index (χ0v) is 11.9. The predicted octanol–water partition coefficient (Wildman–Crippen LogP) is 3.56. The molecule has 0 aliphatic rings. The first-order chi connectivity index (χ1) is 9.83. The summed E-state index contributed by atoms with van der Waals surface area (Å²) in [7, 11) is 0. The van der Waals surface area contributed by atoms with Gasteiger partial charge in [0.05, 0.1) is 11.4 Å². The Bertz CT molecular complexity index is 733. The van der Waals surface area contributed by atoms with Gasteiger partial charge in [-0.1, -0.05) is 34.8 Å². The van der Waals surface area contributed by atoms with Crippen LogP contribution >= 0.6 is 22.9 Å². The molecule has 0 amide bonds. The molecule has 4 nitrogen and oxygen atoms in total. The maximum atomic E-state index is 12.0. The summed E-state index contributed by atoms with van der Waals surface area (Å²) < 4.78 is 3.73. The van der Waals surface area contributed by atoms with Crippen molar-refractivity contribution in [1.29, 1.82) is 0 Å². The molecule has 2 heterocycles. The molecule has 2 aromatic heterocycles. The normalized spacial score (nSPS) is 11.0. The number of allylic oxidation sites excluding steroid dienone is 1. The highest BCUT2D eigenvalue weighted by Crippen LogP contribution is 2.22. The Labute approximate surface area is 123 Å². The number of aromatic nitrogens is 3. The van der Waals surface area contributed by atoms with Gasteiger partial charge in [0.25, 0.3) is 0 Å². The molecule has 0 aliphatic carbocycles. The highest BCUT2D eigenvalue weighted by Gasteiger charge is 2.09. The van der Waals surface area contributed by atoms with Crippen molar-refractivity contribution in [2.75, 3.05) is 0 Å². The van der Waals surface area contributed by atoms with Gasteiger partial charge in [-0.05, 0) is 23.7 Å². The van der Waals surface area contributed by atoms with Crippen molar-refractivity contribution >= 4 is 34.7 Å². The Kier molecular flexibility index (Phi) is 3.76. The predicted molar refractivity (Wildman–Crippen MR) is 80.8 cm³/mol. The summed E-state index contributed by atoms with van der Waals surface area (Å²) in [6.07, 6.45) is 3.12.